The first-order valence-corrected chi connectivity index (χ1v) is 14.4. The molecule has 41 heavy (non-hydrogen) atoms. The van der Waals surface area contributed by atoms with E-state index in [1.807, 2.05) is 50.2 Å². The van der Waals surface area contributed by atoms with Gasteiger partial charge in [0.1, 0.15) is 16.3 Å². The molecular weight excluding hydrogens is 540 g/mol. The number of benzene rings is 1. The smallest absolute Gasteiger partial charge is 0.225 e. The van der Waals surface area contributed by atoms with E-state index in [0.29, 0.717) is 46.4 Å². The fourth-order valence-corrected chi connectivity index (χ4v) is 6.55. The van der Waals surface area contributed by atoms with E-state index in [2.05, 4.69) is 15.6 Å². The minimum Gasteiger partial charge on any atom is -0.515 e. The van der Waals surface area contributed by atoms with Crippen LogP contribution in [0.4, 0.5) is 11.8 Å². The van der Waals surface area contributed by atoms with E-state index in [0.717, 1.165) is 27.7 Å². The predicted octanol–water partition coefficient (Wildman–Crippen LogP) is 4.15. The van der Waals surface area contributed by atoms with Gasteiger partial charge in [-0.05, 0) is 52.2 Å². The molecule has 0 saturated heterocycles. The molecule has 1 aliphatic carbocycles. The molecule has 216 valence electrons. The van der Waals surface area contributed by atoms with Crippen molar-refractivity contribution in [3.05, 3.63) is 71.4 Å². The second-order valence-electron chi connectivity index (χ2n) is 11.1. The Labute approximate surface area is 242 Å². The van der Waals surface area contributed by atoms with Crippen LogP contribution in [0, 0.1) is 19.8 Å². The van der Waals surface area contributed by atoms with Gasteiger partial charge in [0, 0.05) is 17.7 Å². The molecule has 1 fully saturated rings. The molecule has 5 rings (SSSR count). The Balaban J connectivity index is 1.55. The van der Waals surface area contributed by atoms with E-state index in [9.17, 15) is 20.4 Å². The standard InChI is InChI=1S/C30H36N6O4S/c1-16-24(28-35-25-17(2)31-11-10-23(25)41-28)27(34-22-13-21(30(3,4)40)26(39)20(22)15-38)36-29(32-16)33-19(14-37)12-18-8-6-5-7-9-18/h5-11,15,19,21-22,26,37-40H,12-14H2,1-4H3,(H2,32,33,34,36)/b20-15+/t19-,21+,22-,26+/m1/s1. The number of aliphatic hydroxyl groups excluding tert-OH is 3. The predicted molar refractivity (Wildman–Crippen MR) is 161 cm³/mol. The van der Waals surface area contributed by atoms with Crippen LogP contribution in [0.1, 0.15) is 37.2 Å². The summed E-state index contributed by atoms with van der Waals surface area (Å²) in [6, 6.07) is 11.0. The molecule has 6 N–H and O–H groups in total. The lowest BCUT2D eigenvalue weighted by Gasteiger charge is -2.27. The molecule has 3 aromatic heterocycles. The number of hydrogen-bond donors (Lipinski definition) is 6. The zero-order chi connectivity index (χ0) is 29.3. The summed E-state index contributed by atoms with van der Waals surface area (Å²) < 4.78 is 0.984. The first-order chi connectivity index (χ1) is 19.6. The average Bonchev–Trinajstić information content (AvgIpc) is 3.50. The third-order valence-corrected chi connectivity index (χ3v) is 8.69. The normalized spacial score (nSPS) is 21.0. The largest absolute Gasteiger partial charge is 0.515 e. The molecule has 0 spiro atoms. The van der Waals surface area contributed by atoms with Gasteiger partial charge in [0.2, 0.25) is 5.95 Å². The quantitative estimate of drug-likeness (QED) is 0.160. The van der Waals surface area contributed by atoms with Crippen LogP contribution in [0.5, 0.6) is 0 Å². The van der Waals surface area contributed by atoms with Crippen molar-refractivity contribution in [2.24, 2.45) is 5.92 Å². The van der Waals surface area contributed by atoms with E-state index in [-0.39, 0.29) is 12.6 Å². The molecule has 1 aromatic carbocycles. The number of thiazole rings is 1. The van der Waals surface area contributed by atoms with Crippen LogP contribution < -0.4 is 10.6 Å². The van der Waals surface area contributed by atoms with E-state index in [4.69, 9.17) is 15.0 Å². The SMILES string of the molecule is Cc1nc(N[C@@H](CO)Cc2ccccc2)nc(N[C@@H]2C[C@H](C(C)(C)O)[C@@H](O)/C2=C/O)c1-c1nc2c(C)nccc2s1. The van der Waals surface area contributed by atoms with Crippen LogP contribution in [0.2, 0.25) is 0 Å². The lowest BCUT2D eigenvalue weighted by Crippen LogP contribution is -2.36. The van der Waals surface area contributed by atoms with Crippen LogP contribution >= 0.6 is 11.3 Å². The van der Waals surface area contributed by atoms with Crippen molar-refractivity contribution < 1.29 is 20.4 Å². The Morgan fingerprint density at radius 2 is 1.85 bits per heavy atom. The summed E-state index contributed by atoms with van der Waals surface area (Å²) in [5.74, 6) is 0.298. The van der Waals surface area contributed by atoms with Gasteiger partial charge >= 0.3 is 0 Å². The van der Waals surface area contributed by atoms with Gasteiger partial charge in [-0.15, -0.1) is 11.3 Å². The number of hydrogen-bond acceptors (Lipinski definition) is 11. The van der Waals surface area contributed by atoms with Crippen molar-refractivity contribution in [3.63, 3.8) is 0 Å². The van der Waals surface area contributed by atoms with Gasteiger partial charge in [0.05, 0.1) is 58.3 Å². The highest BCUT2D eigenvalue weighted by Crippen LogP contribution is 2.42. The summed E-state index contributed by atoms with van der Waals surface area (Å²) in [7, 11) is 0. The minimum absolute atomic E-state index is 0.120. The Hall–Kier alpha value is -3.64. The zero-order valence-electron chi connectivity index (χ0n) is 23.5. The lowest BCUT2D eigenvalue weighted by atomic mass is 9.87. The number of aryl methyl sites for hydroxylation is 2. The number of anilines is 2. The molecule has 1 saturated carbocycles. The van der Waals surface area contributed by atoms with Crippen LogP contribution in [-0.2, 0) is 6.42 Å². The lowest BCUT2D eigenvalue weighted by molar-refractivity contribution is -0.0245. The number of fused-ring (bicyclic) bond motifs is 1. The molecule has 1 aliphatic rings. The van der Waals surface area contributed by atoms with Crippen molar-refractivity contribution in [2.75, 3.05) is 17.2 Å². The first-order valence-electron chi connectivity index (χ1n) is 13.6. The molecule has 0 amide bonds. The summed E-state index contributed by atoms with van der Waals surface area (Å²) in [6.45, 7) is 6.98. The van der Waals surface area contributed by atoms with Gasteiger partial charge < -0.3 is 31.1 Å². The molecule has 4 aromatic rings. The Morgan fingerprint density at radius 1 is 1.10 bits per heavy atom. The molecule has 0 bridgehead atoms. The van der Waals surface area contributed by atoms with E-state index in [1.54, 1.807) is 20.0 Å². The topological polar surface area (TPSA) is 157 Å². The van der Waals surface area contributed by atoms with Crippen LogP contribution in [0.3, 0.4) is 0 Å². The summed E-state index contributed by atoms with van der Waals surface area (Å²) in [5, 5.41) is 49.2. The Bertz CT molecular complexity index is 1550. The molecule has 4 atom stereocenters. The second-order valence-corrected chi connectivity index (χ2v) is 12.1. The Morgan fingerprint density at radius 3 is 2.51 bits per heavy atom. The van der Waals surface area contributed by atoms with E-state index < -0.39 is 23.7 Å². The monoisotopic (exact) mass is 576 g/mol. The third-order valence-electron chi connectivity index (χ3n) is 7.65. The van der Waals surface area contributed by atoms with Crippen molar-refractivity contribution in [2.45, 2.75) is 64.3 Å². The van der Waals surface area contributed by atoms with Crippen LogP contribution in [0.25, 0.3) is 20.8 Å². The van der Waals surface area contributed by atoms with Gasteiger partial charge in [0.15, 0.2) is 0 Å². The maximum atomic E-state index is 10.9. The fraction of sp³-hybridized carbons (Fsp3) is 0.400. The van der Waals surface area contributed by atoms with Crippen molar-refractivity contribution in [1.29, 1.82) is 0 Å². The summed E-state index contributed by atoms with van der Waals surface area (Å²) in [6.07, 6.45) is 2.59. The second kappa shape index (κ2) is 11.7. The number of aliphatic hydroxyl groups is 4. The molecule has 3 heterocycles. The highest BCUT2D eigenvalue weighted by Gasteiger charge is 2.45. The molecule has 10 nitrogen and oxygen atoms in total. The highest BCUT2D eigenvalue weighted by atomic mass is 32.1. The summed E-state index contributed by atoms with van der Waals surface area (Å²) >= 11 is 1.50. The number of rotatable bonds is 9. The first kappa shape index (κ1) is 28.9. The van der Waals surface area contributed by atoms with Crippen LogP contribution in [-0.4, -0.2) is 70.8 Å². The molecule has 0 unspecified atom stereocenters. The number of aromatic nitrogens is 4. The maximum Gasteiger partial charge on any atom is 0.225 e. The fourth-order valence-electron chi connectivity index (χ4n) is 5.44. The molecular formula is C30H36N6O4S. The molecule has 0 radical (unpaired) electrons. The van der Waals surface area contributed by atoms with Gasteiger partial charge in [-0.1, -0.05) is 30.3 Å². The van der Waals surface area contributed by atoms with E-state index >= 15 is 0 Å². The zero-order valence-corrected chi connectivity index (χ0v) is 24.4. The minimum atomic E-state index is -1.16. The summed E-state index contributed by atoms with van der Waals surface area (Å²) in [4.78, 5) is 18.8. The number of pyridine rings is 1. The third kappa shape index (κ3) is 6.03. The molecule has 11 heteroatoms. The van der Waals surface area contributed by atoms with E-state index in [1.165, 1.54) is 11.3 Å². The maximum absolute atomic E-state index is 10.9. The molecule has 0 aliphatic heterocycles. The summed E-state index contributed by atoms with van der Waals surface area (Å²) in [5.41, 5.74) is 3.26. The van der Waals surface area contributed by atoms with Crippen LogP contribution in [0.15, 0.2) is 54.4 Å². The van der Waals surface area contributed by atoms with Gasteiger partial charge in [-0.2, -0.15) is 4.98 Å². The highest BCUT2D eigenvalue weighted by molar-refractivity contribution is 7.21. The van der Waals surface area contributed by atoms with Crippen molar-refractivity contribution in [1.82, 2.24) is 19.9 Å². The van der Waals surface area contributed by atoms with Gasteiger partial charge in [-0.3, -0.25) is 4.98 Å². The van der Waals surface area contributed by atoms with Gasteiger partial charge in [0.25, 0.3) is 0 Å². The van der Waals surface area contributed by atoms with Gasteiger partial charge in [-0.25, -0.2) is 9.97 Å². The van der Waals surface area contributed by atoms with Crippen molar-refractivity contribution in [3.8, 4) is 10.6 Å². The van der Waals surface area contributed by atoms with Crippen molar-refractivity contribution >= 4 is 33.3 Å². The Kier molecular flexibility index (Phi) is 8.23. The number of nitrogens with zero attached hydrogens (tertiary/aromatic N) is 4. The average molecular weight is 577 g/mol. The number of nitrogens with one attached hydrogen (secondary N) is 2.